The molecule has 5 heteroatoms. The second-order valence-corrected chi connectivity index (χ2v) is 3.97. The molecule has 0 aliphatic carbocycles. The van der Waals surface area contributed by atoms with Crippen molar-refractivity contribution in [1.29, 1.82) is 0 Å². The molecule has 0 atom stereocenters. The molecule has 4 nitrogen and oxygen atoms in total. The van der Waals surface area contributed by atoms with Crippen LogP contribution in [-0.2, 0) is 0 Å². The van der Waals surface area contributed by atoms with Crippen molar-refractivity contribution in [1.82, 2.24) is 10.1 Å². The van der Waals surface area contributed by atoms with Crippen LogP contribution in [0.5, 0.6) is 0 Å². The molecule has 0 aliphatic rings. The van der Waals surface area contributed by atoms with E-state index in [1.165, 1.54) is 6.07 Å². The van der Waals surface area contributed by atoms with Crippen LogP contribution in [0.15, 0.2) is 28.9 Å². The Kier molecular flexibility index (Phi) is 1.95. The maximum absolute atomic E-state index is 13.8. The third-order valence-corrected chi connectivity index (χ3v) is 2.76. The summed E-state index contributed by atoms with van der Waals surface area (Å²) in [7, 11) is 0. The molecule has 3 aromatic rings. The fourth-order valence-corrected chi connectivity index (χ4v) is 1.89. The van der Waals surface area contributed by atoms with Crippen molar-refractivity contribution in [2.24, 2.45) is 0 Å². The van der Waals surface area contributed by atoms with Crippen molar-refractivity contribution in [2.45, 2.75) is 6.92 Å². The Morgan fingerprint density at radius 2 is 2.18 bits per heavy atom. The number of anilines is 1. The number of aromatic nitrogens is 2. The van der Waals surface area contributed by atoms with E-state index in [1.54, 1.807) is 12.3 Å². The molecule has 0 saturated carbocycles. The Balaban J connectivity index is 2.27. The minimum atomic E-state index is -0.319. The number of aromatic amines is 1. The molecule has 3 N–H and O–H groups in total. The van der Waals surface area contributed by atoms with Gasteiger partial charge in [0.05, 0.1) is 5.52 Å². The summed E-state index contributed by atoms with van der Waals surface area (Å²) < 4.78 is 18.8. The van der Waals surface area contributed by atoms with Gasteiger partial charge in [0.1, 0.15) is 5.82 Å². The van der Waals surface area contributed by atoms with Crippen LogP contribution in [0.1, 0.15) is 5.56 Å². The first-order valence-electron chi connectivity index (χ1n) is 5.15. The van der Waals surface area contributed by atoms with Gasteiger partial charge in [0, 0.05) is 23.2 Å². The highest BCUT2D eigenvalue weighted by atomic mass is 19.1. The van der Waals surface area contributed by atoms with Crippen LogP contribution in [0.3, 0.4) is 0 Å². The van der Waals surface area contributed by atoms with Gasteiger partial charge in [0.25, 0.3) is 0 Å². The van der Waals surface area contributed by atoms with Crippen molar-refractivity contribution < 1.29 is 8.91 Å². The number of H-pyrrole nitrogens is 1. The summed E-state index contributed by atoms with van der Waals surface area (Å²) in [4.78, 5) is 2.89. The first-order chi connectivity index (χ1) is 8.15. The number of halogens is 1. The van der Waals surface area contributed by atoms with Crippen LogP contribution >= 0.6 is 0 Å². The van der Waals surface area contributed by atoms with Crippen molar-refractivity contribution >= 4 is 16.7 Å². The number of nitrogens with one attached hydrogen (secondary N) is 1. The molecule has 17 heavy (non-hydrogen) atoms. The predicted octanol–water partition coefficient (Wildman–Crippen LogP) is 2.85. The lowest BCUT2D eigenvalue weighted by Crippen LogP contribution is -1.82. The van der Waals surface area contributed by atoms with E-state index in [2.05, 4.69) is 10.1 Å². The fraction of sp³-hybridized carbons (Fsp3) is 0.0833. The molecule has 2 heterocycles. The van der Waals surface area contributed by atoms with Gasteiger partial charge in [-0.2, -0.15) is 0 Å². The van der Waals surface area contributed by atoms with Gasteiger partial charge in [-0.3, -0.25) is 0 Å². The Hall–Kier alpha value is -2.30. The maximum Gasteiger partial charge on any atom is 0.169 e. The molecule has 1 aromatic carbocycles. The molecular weight excluding hydrogens is 221 g/mol. The number of rotatable bonds is 1. The van der Waals surface area contributed by atoms with E-state index in [0.717, 1.165) is 10.9 Å². The van der Waals surface area contributed by atoms with E-state index >= 15 is 0 Å². The fourth-order valence-electron chi connectivity index (χ4n) is 1.89. The first-order valence-corrected chi connectivity index (χ1v) is 5.15. The second kappa shape index (κ2) is 3.35. The highest BCUT2D eigenvalue weighted by Crippen LogP contribution is 2.29. The normalized spacial score (nSPS) is 11.2. The average molecular weight is 231 g/mol. The SMILES string of the molecule is Cc1c[nH]c2c(F)cc(-c3cc(N)no3)cc12. The van der Waals surface area contributed by atoms with E-state index < -0.39 is 0 Å². The van der Waals surface area contributed by atoms with Gasteiger partial charge in [0.2, 0.25) is 0 Å². The Labute approximate surface area is 96.2 Å². The number of nitrogens with zero attached hydrogens (tertiary/aromatic N) is 1. The second-order valence-electron chi connectivity index (χ2n) is 3.97. The molecular formula is C12H10FN3O. The molecule has 0 saturated heterocycles. The van der Waals surface area contributed by atoms with E-state index in [4.69, 9.17) is 10.3 Å². The minimum absolute atomic E-state index is 0.284. The zero-order chi connectivity index (χ0) is 12.0. The van der Waals surface area contributed by atoms with Gasteiger partial charge in [-0.25, -0.2) is 4.39 Å². The summed E-state index contributed by atoms with van der Waals surface area (Å²) in [5, 5.41) is 4.41. The van der Waals surface area contributed by atoms with Gasteiger partial charge in [-0.05, 0) is 24.6 Å². The summed E-state index contributed by atoms with van der Waals surface area (Å²) >= 11 is 0. The molecule has 0 fully saturated rings. The molecule has 0 spiro atoms. The van der Waals surface area contributed by atoms with Crippen molar-refractivity contribution in [3.8, 4) is 11.3 Å². The predicted molar refractivity (Wildman–Crippen MR) is 62.9 cm³/mol. The molecule has 0 amide bonds. The van der Waals surface area contributed by atoms with Gasteiger partial charge >= 0.3 is 0 Å². The zero-order valence-corrected chi connectivity index (χ0v) is 9.12. The van der Waals surface area contributed by atoms with Crippen molar-refractivity contribution in [2.75, 3.05) is 5.73 Å². The molecule has 0 unspecified atom stereocenters. The topological polar surface area (TPSA) is 67.8 Å². The third kappa shape index (κ3) is 1.47. The van der Waals surface area contributed by atoms with Gasteiger partial charge in [-0.1, -0.05) is 5.16 Å². The third-order valence-electron chi connectivity index (χ3n) is 2.76. The number of aryl methyl sites for hydroxylation is 1. The quantitative estimate of drug-likeness (QED) is 0.676. The number of nitrogen functional groups attached to an aromatic ring is 1. The smallest absolute Gasteiger partial charge is 0.169 e. The Bertz CT molecular complexity index is 699. The number of benzene rings is 1. The number of nitrogens with two attached hydrogens (primary N) is 1. The van der Waals surface area contributed by atoms with Crippen LogP contribution in [0.4, 0.5) is 10.2 Å². The molecule has 0 radical (unpaired) electrons. The van der Waals surface area contributed by atoms with E-state index in [1.807, 2.05) is 13.0 Å². The van der Waals surface area contributed by atoms with Crippen LogP contribution in [0.2, 0.25) is 0 Å². The minimum Gasteiger partial charge on any atom is -0.381 e. The molecule has 0 bridgehead atoms. The van der Waals surface area contributed by atoms with Crippen LogP contribution in [0, 0.1) is 12.7 Å². The summed E-state index contributed by atoms with van der Waals surface area (Å²) in [6.45, 7) is 1.91. The summed E-state index contributed by atoms with van der Waals surface area (Å²) in [5.41, 5.74) is 7.58. The Morgan fingerprint density at radius 1 is 1.35 bits per heavy atom. The molecule has 3 rings (SSSR count). The van der Waals surface area contributed by atoms with Crippen molar-refractivity contribution in [3.63, 3.8) is 0 Å². The molecule has 86 valence electrons. The number of hydrogen-bond donors (Lipinski definition) is 2. The standard InChI is InChI=1S/C12H10FN3O/c1-6-5-15-12-8(6)2-7(3-9(12)13)10-4-11(14)16-17-10/h2-5,15H,1H3,(H2,14,16). The maximum atomic E-state index is 13.8. The number of hydrogen-bond acceptors (Lipinski definition) is 3. The highest BCUT2D eigenvalue weighted by molar-refractivity contribution is 5.87. The molecule has 0 aliphatic heterocycles. The van der Waals surface area contributed by atoms with Crippen LogP contribution < -0.4 is 5.73 Å². The number of fused-ring (bicyclic) bond motifs is 1. The monoisotopic (exact) mass is 231 g/mol. The average Bonchev–Trinajstić information content (AvgIpc) is 2.87. The summed E-state index contributed by atoms with van der Waals surface area (Å²) in [6.07, 6.45) is 1.77. The summed E-state index contributed by atoms with van der Waals surface area (Å²) in [5.74, 6) is 0.427. The van der Waals surface area contributed by atoms with E-state index in [9.17, 15) is 4.39 Å². The van der Waals surface area contributed by atoms with E-state index in [0.29, 0.717) is 16.8 Å². The Morgan fingerprint density at radius 3 is 2.88 bits per heavy atom. The van der Waals surface area contributed by atoms with E-state index in [-0.39, 0.29) is 11.6 Å². The lowest BCUT2D eigenvalue weighted by molar-refractivity contribution is 0.435. The van der Waals surface area contributed by atoms with Crippen molar-refractivity contribution in [3.05, 3.63) is 35.8 Å². The van der Waals surface area contributed by atoms with Crippen LogP contribution in [0.25, 0.3) is 22.2 Å². The van der Waals surface area contributed by atoms with Crippen LogP contribution in [-0.4, -0.2) is 10.1 Å². The first kappa shape index (κ1) is 9.89. The highest BCUT2D eigenvalue weighted by Gasteiger charge is 2.11. The van der Waals surface area contributed by atoms with Gasteiger partial charge < -0.3 is 15.2 Å². The lowest BCUT2D eigenvalue weighted by Gasteiger charge is -1.99. The lowest BCUT2D eigenvalue weighted by atomic mass is 10.1. The van der Waals surface area contributed by atoms with Gasteiger partial charge in [-0.15, -0.1) is 0 Å². The molecule has 2 aromatic heterocycles. The summed E-state index contributed by atoms with van der Waals surface area (Å²) in [6, 6.07) is 4.82. The largest absolute Gasteiger partial charge is 0.381 e. The van der Waals surface area contributed by atoms with Gasteiger partial charge in [0.15, 0.2) is 11.6 Å². The zero-order valence-electron chi connectivity index (χ0n) is 9.12.